The number of nitrogens with two attached hydrogens (primary N) is 1. The fraction of sp³-hybridized carbons (Fsp3) is 0.737. The largest absolute Gasteiger partial charge is 0.455 e. The van der Waals surface area contributed by atoms with Crippen molar-refractivity contribution < 1.29 is 9.21 Å². The molecule has 2 fully saturated rings. The van der Waals surface area contributed by atoms with Crippen LogP contribution in [-0.4, -0.2) is 59.4 Å². The highest BCUT2D eigenvalue weighted by molar-refractivity contribution is 7.99. The first-order valence-electron chi connectivity index (χ1n) is 9.32. The third-order valence-electron chi connectivity index (χ3n) is 5.25. The second-order valence-electron chi connectivity index (χ2n) is 8.23. The van der Waals surface area contributed by atoms with Crippen LogP contribution in [-0.2, 0) is 12.0 Å². The standard InChI is InChI=1S/C19H31N3O2S/c1-19(2,3)17-14(12-16(24-17)18(20)23)13-21-6-4-15(5-7-21)22-8-10-25-11-9-22/h12,15H,4-11,13H2,1-3H3,(H2,20,23). The van der Waals surface area contributed by atoms with Gasteiger partial charge < -0.3 is 10.2 Å². The van der Waals surface area contributed by atoms with Gasteiger partial charge >= 0.3 is 0 Å². The molecule has 0 bridgehead atoms. The highest BCUT2D eigenvalue weighted by Crippen LogP contribution is 2.31. The summed E-state index contributed by atoms with van der Waals surface area (Å²) in [7, 11) is 0. The Morgan fingerprint density at radius 2 is 1.88 bits per heavy atom. The van der Waals surface area contributed by atoms with Gasteiger partial charge in [0.05, 0.1) is 0 Å². The first-order valence-corrected chi connectivity index (χ1v) is 10.5. The van der Waals surface area contributed by atoms with Crippen LogP contribution in [0.5, 0.6) is 0 Å². The van der Waals surface area contributed by atoms with E-state index in [-0.39, 0.29) is 11.2 Å². The summed E-state index contributed by atoms with van der Waals surface area (Å²) in [5.74, 6) is 3.23. The molecule has 2 aliphatic rings. The van der Waals surface area contributed by atoms with E-state index in [0.717, 1.165) is 37.0 Å². The maximum Gasteiger partial charge on any atom is 0.284 e. The van der Waals surface area contributed by atoms with Crippen LogP contribution in [0.4, 0.5) is 0 Å². The van der Waals surface area contributed by atoms with E-state index in [4.69, 9.17) is 10.2 Å². The summed E-state index contributed by atoms with van der Waals surface area (Å²) in [5.41, 5.74) is 6.39. The lowest BCUT2D eigenvalue weighted by Crippen LogP contribution is -2.47. The van der Waals surface area contributed by atoms with E-state index in [9.17, 15) is 4.79 Å². The zero-order chi connectivity index (χ0) is 18.0. The molecule has 3 rings (SSSR count). The van der Waals surface area contributed by atoms with Crippen LogP contribution in [0.25, 0.3) is 0 Å². The van der Waals surface area contributed by atoms with Crippen molar-refractivity contribution in [2.24, 2.45) is 5.73 Å². The van der Waals surface area contributed by atoms with Crippen LogP contribution in [0.2, 0.25) is 0 Å². The van der Waals surface area contributed by atoms with E-state index in [1.165, 1.54) is 37.4 Å². The van der Waals surface area contributed by atoms with Crippen molar-refractivity contribution in [3.63, 3.8) is 0 Å². The number of hydrogen-bond acceptors (Lipinski definition) is 5. The molecular weight excluding hydrogens is 334 g/mol. The van der Waals surface area contributed by atoms with Gasteiger partial charge in [0.1, 0.15) is 5.76 Å². The molecule has 3 heterocycles. The number of likely N-dealkylation sites (tertiary alicyclic amines) is 1. The summed E-state index contributed by atoms with van der Waals surface area (Å²) in [6.45, 7) is 11.9. The Bertz CT molecular complexity index is 594. The zero-order valence-corrected chi connectivity index (χ0v) is 16.5. The third-order valence-corrected chi connectivity index (χ3v) is 6.19. The Kier molecular flexibility index (Phi) is 5.81. The quantitative estimate of drug-likeness (QED) is 0.889. The first kappa shape index (κ1) is 18.8. The van der Waals surface area contributed by atoms with Crippen LogP contribution in [0.1, 0.15) is 55.5 Å². The fourth-order valence-corrected chi connectivity index (χ4v) is 4.86. The Hall–Kier alpha value is -0.980. The summed E-state index contributed by atoms with van der Waals surface area (Å²) in [5, 5.41) is 0. The second-order valence-corrected chi connectivity index (χ2v) is 9.46. The fourth-order valence-electron chi connectivity index (χ4n) is 3.93. The number of piperidine rings is 1. The molecular formula is C19H31N3O2S. The van der Waals surface area contributed by atoms with Crippen molar-refractivity contribution in [2.75, 3.05) is 37.7 Å². The van der Waals surface area contributed by atoms with Gasteiger partial charge in [-0.1, -0.05) is 20.8 Å². The van der Waals surface area contributed by atoms with Gasteiger partial charge in [0, 0.05) is 48.2 Å². The van der Waals surface area contributed by atoms with Gasteiger partial charge in [0.15, 0.2) is 5.76 Å². The Labute approximate surface area is 155 Å². The molecule has 0 radical (unpaired) electrons. The molecule has 0 aliphatic carbocycles. The van der Waals surface area contributed by atoms with Gasteiger partial charge in [-0.3, -0.25) is 14.6 Å². The molecule has 5 nitrogen and oxygen atoms in total. The van der Waals surface area contributed by atoms with Crippen molar-refractivity contribution in [2.45, 2.75) is 51.6 Å². The number of hydrogen-bond donors (Lipinski definition) is 1. The van der Waals surface area contributed by atoms with Crippen molar-refractivity contribution in [3.05, 3.63) is 23.2 Å². The van der Waals surface area contributed by atoms with Gasteiger partial charge in [-0.2, -0.15) is 11.8 Å². The average molecular weight is 366 g/mol. The predicted molar refractivity (Wildman–Crippen MR) is 103 cm³/mol. The molecule has 1 aromatic rings. The minimum Gasteiger partial charge on any atom is -0.455 e. The Morgan fingerprint density at radius 3 is 2.44 bits per heavy atom. The van der Waals surface area contributed by atoms with Crippen molar-refractivity contribution >= 4 is 17.7 Å². The second kappa shape index (κ2) is 7.72. The van der Waals surface area contributed by atoms with Gasteiger partial charge in [-0.15, -0.1) is 0 Å². The summed E-state index contributed by atoms with van der Waals surface area (Å²) < 4.78 is 5.79. The number of rotatable bonds is 4. The minimum absolute atomic E-state index is 0.132. The van der Waals surface area contributed by atoms with E-state index in [1.807, 2.05) is 6.07 Å². The summed E-state index contributed by atoms with van der Waals surface area (Å²) in [6.07, 6.45) is 2.46. The van der Waals surface area contributed by atoms with Crippen LogP contribution in [0.3, 0.4) is 0 Å². The lowest BCUT2D eigenvalue weighted by Gasteiger charge is -2.40. The zero-order valence-electron chi connectivity index (χ0n) is 15.7. The number of carbonyl (C=O) groups is 1. The van der Waals surface area contributed by atoms with Crippen LogP contribution in [0.15, 0.2) is 10.5 Å². The summed E-state index contributed by atoms with van der Waals surface area (Å²) >= 11 is 2.07. The van der Waals surface area contributed by atoms with Crippen LogP contribution in [0, 0.1) is 0 Å². The SMILES string of the molecule is CC(C)(C)c1oc(C(N)=O)cc1CN1CCC(N2CCSCC2)CC1. The number of carbonyl (C=O) groups excluding carboxylic acids is 1. The highest BCUT2D eigenvalue weighted by Gasteiger charge is 2.29. The Morgan fingerprint density at radius 1 is 1.24 bits per heavy atom. The third kappa shape index (κ3) is 4.60. The normalized spacial score (nSPS) is 21.6. The van der Waals surface area contributed by atoms with Crippen LogP contribution < -0.4 is 5.73 Å². The van der Waals surface area contributed by atoms with Crippen LogP contribution >= 0.6 is 11.8 Å². The van der Waals surface area contributed by atoms with Gasteiger partial charge in [-0.05, 0) is 32.0 Å². The maximum atomic E-state index is 11.5. The smallest absolute Gasteiger partial charge is 0.284 e. The Balaban J connectivity index is 1.62. The molecule has 1 amide bonds. The summed E-state index contributed by atoms with van der Waals surface area (Å²) in [6, 6.07) is 2.58. The van der Waals surface area contributed by atoms with Gasteiger partial charge in [0.2, 0.25) is 0 Å². The lowest BCUT2D eigenvalue weighted by atomic mass is 9.90. The molecule has 0 saturated carbocycles. The number of primary amides is 1. The van der Waals surface area contributed by atoms with Crippen molar-refractivity contribution in [3.8, 4) is 0 Å². The molecule has 2 aliphatic heterocycles. The molecule has 25 heavy (non-hydrogen) atoms. The number of furan rings is 1. The number of thioether (sulfide) groups is 1. The number of amides is 1. The summed E-state index contributed by atoms with van der Waals surface area (Å²) in [4.78, 5) is 16.7. The van der Waals surface area contributed by atoms with Crippen molar-refractivity contribution in [1.82, 2.24) is 9.80 Å². The van der Waals surface area contributed by atoms with E-state index >= 15 is 0 Å². The highest BCUT2D eigenvalue weighted by atomic mass is 32.2. The molecule has 2 N–H and O–H groups in total. The molecule has 140 valence electrons. The first-order chi connectivity index (χ1) is 11.8. The molecule has 1 aromatic heterocycles. The van der Waals surface area contributed by atoms with Gasteiger partial charge in [0.25, 0.3) is 5.91 Å². The van der Waals surface area contributed by atoms with E-state index in [0.29, 0.717) is 0 Å². The monoisotopic (exact) mass is 365 g/mol. The molecule has 2 saturated heterocycles. The molecule has 0 unspecified atom stereocenters. The van der Waals surface area contributed by atoms with Gasteiger partial charge in [-0.25, -0.2) is 0 Å². The molecule has 6 heteroatoms. The number of nitrogens with zero attached hydrogens (tertiary/aromatic N) is 2. The van der Waals surface area contributed by atoms with E-state index < -0.39 is 5.91 Å². The molecule has 0 atom stereocenters. The lowest BCUT2D eigenvalue weighted by molar-refractivity contribution is 0.0970. The van der Waals surface area contributed by atoms with E-state index in [2.05, 4.69) is 42.3 Å². The maximum absolute atomic E-state index is 11.5. The molecule has 0 spiro atoms. The molecule has 0 aromatic carbocycles. The van der Waals surface area contributed by atoms with E-state index in [1.54, 1.807) is 0 Å². The topological polar surface area (TPSA) is 62.7 Å². The average Bonchev–Trinajstić information content (AvgIpc) is 3.01. The minimum atomic E-state index is -0.488. The van der Waals surface area contributed by atoms with Crippen molar-refractivity contribution in [1.29, 1.82) is 0 Å². The predicted octanol–water partition coefficient (Wildman–Crippen LogP) is 2.69.